The van der Waals surface area contributed by atoms with E-state index in [2.05, 4.69) is 30.2 Å². The molecule has 0 radical (unpaired) electrons. The lowest BCUT2D eigenvalue weighted by Gasteiger charge is -2.27. The number of pyridine rings is 1. The molecule has 154 valence electrons. The van der Waals surface area contributed by atoms with E-state index in [1.807, 2.05) is 6.92 Å². The zero-order valence-electron chi connectivity index (χ0n) is 16.9. The van der Waals surface area contributed by atoms with Crippen LogP contribution >= 0.6 is 0 Å². The molecule has 2 aliphatic rings. The molecule has 0 aliphatic carbocycles. The third kappa shape index (κ3) is 2.78. The first kappa shape index (κ1) is 18.5. The Kier molecular flexibility index (Phi) is 4.34. The van der Waals surface area contributed by atoms with E-state index in [0.717, 1.165) is 19.4 Å². The fourth-order valence-corrected chi connectivity index (χ4v) is 4.26. The van der Waals surface area contributed by atoms with Crippen molar-refractivity contribution in [3.63, 3.8) is 0 Å². The molecule has 3 aromatic rings. The summed E-state index contributed by atoms with van der Waals surface area (Å²) < 4.78 is 1.40. The molecule has 10 heteroatoms. The van der Waals surface area contributed by atoms with Crippen molar-refractivity contribution in [3.8, 4) is 0 Å². The minimum absolute atomic E-state index is 0.126. The predicted octanol–water partition coefficient (Wildman–Crippen LogP) is 1.18. The van der Waals surface area contributed by atoms with Gasteiger partial charge in [0.25, 0.3) is 11.5 Å². The van der Waals surface area contributed by atoms with Crippen LogP contribution in [0.15, 0.2) is 29.7 Å². The molecule has 1 fully saturated rings. The van der Waals surface area contributed by atoms with Gasteiger partial charge in [-0.1, -0.05) is 0 Å². The number of carbonyl (C=O) groups excluding carboxylic acids is 1. The largest absolute Gasteiger partial charge is 0.354 e. The minimum atomic E-state index is -0.209. The van der Waals surface area contributed by atoms with Gasteiger partial charge in [-0.25, -0.2) is 9.97 Å². The highest BCUT2D eigenvalue weighted by Gasteiger charge is 2.38. The average Bonchev–Trinajstić information content (AvgIpc) is 3.18. The first-order valence-corrected chi connectivity index (χ1v) is 10.1. The van der Waals surface area contributed by atoms with Crippen LogP contribution in [0, 0.1) is 0 Å². The Hall–Kier alpha value is -3.56. The lowest BCUT2D eigenvalue weighted by atomic mass is 10.2. The van der Waals surface area contributed by atoms with E-state index >= 15 is 0 Å². The van der Waals surface area contributed by atoms with E-state index < -0.39 is 0 Å². The van der Waals surface area contributed by atoms with E-state index in [9.17, 15) is 9.59 Å². The van der Waals surface area contributed by atoms with Gasteiger partial charge in [0.05, 0.1) is 23.6 Å². The topological polar surface area (TPSA) is 109 Å². The van der Waals surface area contributed by atoms with Crippen molar-refractivity contribution in [1.82, 2.24) is 24.5 Å². The van der Waals surface area contributed by atoms with Crippen molar-refractivity contribution in [3.05, 3.63) is 40.8 Å². The molecule has 30 heavy (non-hydrogen) atoms. The number of rotatable bonds is 3. The maximum Gasteiger partial charge on any atom is 0.263 e. The Balaban J connectivity index is 1.68. The number of carbonyl (C=O) groups is 1. The van der Waals surface area contributed by atoms with Crippen LogP contribution in [-0.2, 0) is 7.05 Å². The van der Waals surface area contributed by atoms with Crippen LogP contribution in [0.2, 0.25) is 0 Å². The summed E-state index contributed by atoms with van der Waals surface area (Å²) in [6.45, 7) is 3.99. The van der Waals surface area contributed by atoms with Gasteiger partial charge < -0.3 is 19.7 Å². The van der Waals surface area contributed by atoms with Gasteiger partial charge in [0.15, 0.2) is 0 Å². The molecule has 10 nitrogen and oxygen atoms in total. The number of aromatic nitrogens is 5. The number of aryl methyl sites for hydroxylation is 1. The van der Waals surface area contributed by atoms with Crippen LogP contribution in [0.5, 0.6) is 0 Å². The molecule has 2 aliphatic heterocycles. The molecule has 5 heterocycles. The van der Waals surface area contributed by atoms with Crippen LogP contribution in [0.3, 0.4) is 0 Å². The third-order valence-electron chi connectivity index (χ3n) is 5.72. The van der Waals surface area contributed by atoms with Crippen LogP contribution in [0.25, 0.3) is 10.9 Å². The Morgan fingerprint density at radius 1 is 1.20 bits per heavy atom. The van der Waals surface area contributed by atoms with Crippen molar-refractivity contribution in [2.75, 3.05) is 34.8 Å². The maximum atomic E-state index is 13.6. The fourth-order valence-electron chi connectivity index (χ4n) is 4.26. The van der Waals surface area contributed by atoms with Gasteiger partial charge in [-0.2, -0.15) is 4.98 Å². The molecule has 0 unspecified atom stereocenters. The summed E-state index contributed by atoms with van der Waals surface area (Å²) in [4.78, 5) is 47.6. The molecular formula is C20H22N8O2. The van der Waals surface area contributed by atoms with Crippen molar-refractivity contribution in [1.29, 1.82) is 0 Å². The van der Waals surface area contributed by atoms with Crippen molar-refractivity contribution < 1.29 is 4.79 Å². The zero-order chi connectivity index (χ0) is 20.8. The van der Waals surface area contributed by atoms with E-state index in [-0.39, 0.29) is 17.5 Å². The summed E-state index contributed by atoms with van der Waals surface area (Å²) in [6, 6.07) is 0.126. The monoisotopic (exact) mass is 406 g/mol. The summed E-state index contributed by atoms with van der Waals surface area (Å²) in [5.41, 5.74) is 1.25. The van der Waals surface area contributed by atoms with Crippen LogP contribution < -0.4 is 20.7 Å². The number of nitrogens with one attached hydrogen (secondary N) is 1. The van der Waals surface area contributed by atoms with Crippen LogP contribution in [0.1, 0.15) is 30.1 Å². The second-order valence-electron chi connectivity index (χ2n) is 7.58. The van der Waals surface area contributed by atoms with Gasteiger partial charge in [0, 0.05) is 45.1 Å². The molecule has 1 saturated heterocycles. The van der Waals surface area contributed by atoms with E-state index in [1.54, 1.807) is 24.3 Å². The fraction of sp³-hybridized carbons (Fsp3) is 0.400. The summed E-state index contributed by atoms with van der Waals surface area (Å²) in [5, 5.41) is 3.51. The van der Waals surface area contributed by atoms with E-state index in [4.69, 9.17) is 0 Å². The Morgan fingerprint density at radius 2 is 2.07 bits per heavy atom. The molecule has 1 amide bonds. The molecule has 0 saturated carbocycles. The predicted molar refractivity (Wildman–Crippen MR) is 113 cm³/mol. The second-order valence-corrected chi connectivity index (χ2v) is 7.58. The minimum Gasteiger partial charge on any atom is -0.354 e. The normalized spacial score (nSPS) is 18.3. The number of nitrogens with zero attached hydrogens (tertiary/aromatic N) is 7. The SMILES string of the molecule is CCNc1ncc2c(n1)N1CCC[C@H]1CN(c1cncc3c(=O)n(C)cnc13)C2=O. The van der Waals surface area contributed by atoms with Gasteiger partial charge in [-0.05, 0) is 19.8 Å². The first-order valence-electron chi connectivity index (χ1n) is 10.1. The molecule has 3 aromatic heterocycles. The summed E-state index contributed by atoms with van der Waals surface area (Å²) in [5.74, 6) is 0.965. The van der Waals surface area contributed by atoms with Crippen LogP contribution in [-0.4, -0.2) is 56.1 Å². The highest BCUT2D eigenvalue weighted by Crippen LogP contribution is 2.35. The Labute approximate surface area is 172 Å². The third-order valence-corrected chi connectivity index (χ3v) is 5.72. The standard InChI is InChI=1S/C20H22N8O2/c1-3-22-20-23-8-14-17(25-20)27-6-4-5-12(27)10-28(19(14)30)15-9-21-7-13-16(15)24-11-26(2)18(13)29/h7-9,11-12H,3-6,10H2,1-2H3,(H,22,23,25)/t12-/m0/s1. The second kappa shape index (κ2) is 7.05. The zero-order valence-corrected chi connectivity index (χ0v) is 16.9. The average molecular weight is 406 g/mol. The quantitative estimate of drug-likeness (QED) is 0.691. The highest BCUT2D eigenvalue weighted by molar-refractivity contribution is 6.12. The lowest BCUT2D eigenvalue weighted by Crippen LogP contribution is -2.40. The first-order chi connectivity index (χ1) is 14.6. The van der Waals surface area contributed by atoms with Gasteiger partial charge >= 0.3 is 0 Å². The number of amides is 1. The number of fused-ring (bicyclic) bond motifs is 4. The number of anilines is 3. The highest BCUT2D eigenvalue weighted by atomic mass is 16.2. The molecular weight excluding hydrogens is 384 g/mol. The summed E-state index contributed by atoms with van der Waals surface area (Å²) in [6.07, 6.45) is 8.14. The van der Waals surface area contributed by atoms with Crippen LogP contribution in [0.4, 0.5) is 17.5 Å². The van der Waals surface area contributed by atoms with Gasteiger partial charge in [-0.3, -0.25) is 14.6 Å². The van der Waals surface area contributed by atoms with Crippen molar-refractivity contribution in [2.45, 2.75) is 25.8 Å². The molecule has 0 aromatic carbocycles. The summed E-state index contributed by atoms with van der Waals surface area (Å²) in [7, 11) is 1.64. The van der Waals surface area contributed by atoms with Crippen molar-refractivity contribution >= 4 is 34.3 Å². The van der Waals surface area contributed by atoms with Crippen molar-refractivity contribution in [2.24, 2.45) is 7.05 Å². The smallest absolute Gasteiger partial charge is 0.263 e. The molecule has 0 bridgehead atoms. The number of hydrogen-bond acceptors (Lipinski definition) is 8. The number of hydrogen-bond donors (Lipinski definition) is 1. The van der Waals surface area contributed by atoms with E-state index in [1.165, 1.54) is 17.1 Å². The van der Waals surface area contributed by atoms with E-state index in [0.29, 0.717) is 47.0 Å². The molecule has 1 atom stereocenters. The molecule has 0 spiro atoms. The summed E-state index contributed by atoms with van der Waals surface area (Å²) >= 11 is 0. The maximum absolute atomic E-state index is 13.6. The van der Waals surface area contributed by atoms with Gasteiger partial charge in [-0.15, -0.1) is 0 Å². The molecule has 5 rings (SSSR count). The van der Waals surface area contributed by atoms with Gasteiger partial charge in [0.2, 0.25) is 5.95 Å². The van der Waals surface area contributed by atoms with Gasteiger partial charge in [0.1, 0.15) is 16.9 Å². The Bertz CT molecular complexity index is 1210. The lowest BCUT2D eigenvalue weighted by molar-refractivity contribution is 0.0988. The molecule has 1 N–H and O–H groups in total. The Morgan fingerprint density at radius 3 is 2.90 bits per heavy atom.